The van der Waals surface area contributed by atoms with Crippen LogP contribution < -0.4 is 11.1 Å². The van der Waals surface area contributed by atoms with Crippen LogP contribution in [0, 0.1) is 17.5 Å². The second-order valence-corrected chi connectivity index (χ2v) is 8.98. The molecule has 0 bridgehead atoms. The van der Waals surface area contributed by atoms with Gasteiger partial charge in [0.1, 0.15) is 24.0 Å². The van der Waals surface area contributed by atoms with E-state index in [1.165, 1.54) is 30.5 Å². The molecule has 196 valence electrons. The summed E-state index contributed by atoms with van der Waals surface area (Å²) in [6, 6.07) is 13.1. The molecule has 3 aromatic heterocycles. The summed E-state index contributed by atoms with van der Waals surface area (Å²) >= 11 is 0. The molecule has 0 aliphatic carbocycles. The van der Waals surface area contributed by atoms with E-state index in [-0.39, 0.29) is 24.4 Å². The lowest BCUT2D eigenvalue weighted by atomic mass is 9.94. The minimum absolute atomic E-state index is 0.00461. The second kappa shape index (κ2) is 10.8. The molecule has 1 unspecified atom stereocenters. The van der Waals surface area contributed by atoms with Crippen molar-refractivity contribution in [1.82, 2.24) is 19.9 Å². The van der Waals surface area contributed by atoms with E-state index in [4.69, 9.17) is 5.73 Å². The highest BCUT2D eigenvalue weighted by molar-refractivity contribution is 5.94. The molecule has 39 heavy (non-hydrogen) atoms. The lowest BCUT2D eigenvalue weighted by Crippen LogP contribution is -2.33. The van der Waals surface area contributed by atoms with Crippen LogP contribution in [0.4, 0.5) is 13.2 Å². The number of nitrogens with two attached hydrogens (primary N) is 1. The first kappa shape index (κ1) is 25.7. The molecule has 5 rings (SSSR count). The molecule has 5 aromatic rings. The number of benzene rings is 2. The first-order chi connectivity index (χ1) is 18.8. The Balaban J connectivity index is 1.53. The van der Waals surface area contributed by atoms with E-state index in [0.717, 1.165) is 23.0 Å². The van der Waals surface area contributed by atoms with Crippen molar-refractivity contribution < 1.29 is 22.8 Å². The molecule has 2 aromatic carbocycles. The summed E-state index contributed by atoms with van der Waals surface area (Å²) in [5, 5.41) is 3.80. The number of fused-ring (bicyclic) bond motifs is 1. The van der Waals surface area contributed by atoms with Gasteiger partial charge < -0.3 is 15.6 Å². The summed E-state index contributed by atoms with van der Waals surface area (Å²) in [5.74, 6) is -3.60. The van der Waals surface area contributed by atoms with E-state index in [1.807, 2.05) is 6.07 Å². The Bertz CT molecular complexity index is 1680. The van der Waals surface area contributed by atoms with E-state index in [1.54, 1.807) is 41.4 Å². The molecule has 10 heteroatoms. The van der Waals surface area contributed by atoms with Crippen molar-refractivity contribution in [2.45, 2.75) is 19.0 Å². The van der Waals surface area contributed by atoms with Gasteiger partial charge >= 0.3 is 0 Å². The number of aromatic nitrogens is 3. The third-order valence-electron chi connectivity index (χ3n) is 6.29. The van der Waals surface area contributed by atoms with Gasteiger partial charge in [0.15, 0.2) is 0 Å². The van der Waals surface area contributed by atoms with Crippen LogP contribution in [0.5, 0.6) is 0 Å². The fourth-order valence-corrected chi connectivity index (χ4v) is 4.57. The van der Waals surface area contributed by atoms with Gasteiger partial charge in [-0.3, -0.25) is 19.6 Å². The van der Waals surface area contributed by atoms with Gasteiger partial charge in [-0.05, 0) is 60.0 Å². The third-order valence-corrected chi connectivity index (χ3v) is 6.29. The average Bonchev–Trinajstić information content (AvgIpc) is 3.30. The molecule has 0 aliphatic rings. The maximum absolute atomic E-state index is 14.2. The number of carbonyl (C=O) groups is 2. The molecule has 0 radical (unpaired) electrons. The summed E-state index contributed by atoms with van der Waals surface area (Å²) in [6.07, 6.45) is 6.59. The molecule has 2 amide bonds. The Hall–Kier alpha value is -4.99. The predicted molar refractivity (Wildman–Crippen MR) is 139 cm³/mol. The summed E-state index contributed by atoms with van der Waals surface area (Å²) in [7, 11) is 0. The number of hydrogen-bond acceptors (Lipinski definition) is 4. The monoisotopic (exact) mass is 529 g/mol. The maximum Gasteiger partial charge on any atom is 0.251 e. The Morgan fingerprint density at radius 1 is 0.974 bits per heavy atom. The zero-order valence-electron chi connectivity index (χ0n) is 20.4. The lowest BCUT2D eigenvalue weighted by molar-refractivity contribution is -0.122. The van der Waals surface area contributed by atoms with Crippen LogP contribution in [0.2, 0.25) is 0 Å². The molecule has 0 saturated carbocycles. The summed E-state index contributed by atoms with van der Waals surface area (Å²) in [5.41, 5.74) is 7.42. The first-order valence-corrected chi connectivity index (χ1v) is 12.0. The van der Waals surface area contributed by atoms with Crippen molar-refractivity contribution in [3.63, 3.8) is 0 Å². The van der Waals surface area contributed by atoms with Crippen LogP contribution in [0.1, 0.15) is 27.7 Å². The van der Waals surface area contributed by atoms with E-state index in [9.17, 15) is 22.8 Å². The zero-order valence-corrected chi connectivity index (χ0v) is 20.4. The molecule has 0 fully saturated rings. The second-order valence-electron chi connectivity index (χ2n) is 8.98. The highest BCUT2D eigenvalue weighted by Crippen LogP contribution is 2.30. The van der Waals surface area contributed by atoms with Gasteiger partial charge in [0, 0.05) is 41.8 Å². The summed E-state index contributed by atoms with van der Waals surface area (Å²) < 4.78 is 44.0. The normalized spacial score (nSPS) is 11.9. The Morgan fingerprint density at radius 3 is 2.54 bits per heavy atom. The number of primary amides is 1. The fourth-order valence-electron chi connectivity index (χ4n) is 4.57. The quantitative estimate of drug-likeness (QED) is 0.304. The number of rotatable bonds is 8. The van der Waals surface area contributed by atoms with Crippen LogP contribution in [-0.2, 0) is 17.8 Å². The topological polar surface area (TPSA) is 103 Å². The fraction of sp³-hybridized carbons (Fsp3) is 0.103. The van der Waals surface area contributed by atoms with Gasteiger partial charge in [-0.15, -0.1) is 0 Å². The molecule has 3 heterocycles. The largest absolute Gasteiger partial charge is 0.366 e. The standard InChI is InChI=1S/C29H22F3N5O2/c30-20-10-17(11-21(31)14-20)12-25(36-27(38)16-37-9-6-19-15-34-8-5-26(19)37)28-22(2-1-7-35-28)18-3-4-24(32)23(13-18)29(33)39/h1-11,13-15,25H,12,16H2,(H2,33,39)(H,36,38). The Morgan fingerprint density at radius 2 is 1.77 bits per heavy atom. The molecule has 3 N–H and O–H groups in total. The maximum atomic E-state index is 14.2. The van der Waals surface area contributed by atoms with Crippen LogP contribution in [-0.4, -0.2) is 26.3 Å². The van der Waals surface area contributed by atoms with Crippen molar-refractivity contribution in [3.8, 4) is 11.1 Å². The van der Waals surface area contributed by atoms with Crippen molar-refractivity contribution in [2.24, 2.45) is 5.73 Å². The highest BCUT2D eigenvalue weighted by atomic mass is 19.1. The number of carbonyl (C=O) groups excluding carboxylic acids is 2. The molecule has 7 nitrogen and oxygen atoms in total. The number of hydrogen-bond donors (Lipinski definition) is 2. The molecule has 0 spiro atoms. The van der Waals surface area contributed by atoms with Gasteiger partial charge in [-0.25, -0.2) is 13.2 Å². The lowest BCUT2D eigenvalue weighted by Gasteiger charge is -2.22. The van der Waals surface area contributed by atoms with Crippen LogP contribution in [0.15, 0.2) is 85.5 Å². The predicted octanol–water partition coefficient (Wildman–Crippen LogP) is 4.71. The number of amides is 2. The molecular weight excluding hydrogens is 507 g/mol. The van der Waals surface area contributed by atoms with Gasteiger partial charge in [-0.2, -0.15) is 0 Å². The van der Waals surface area contributed by atoms with Crippen molar-refractivity contribution in [1.29, 1.82) is 0 Å². The molecular formula is C29H22F3N5O2. The number of nitrogens with one attached hydrogen (secondary N) is 1. The number of nitrogens with zero attached hydrogens (tertiary/aromatic N) is 3. The summed E-state index contributed by atoms with van der Waals surface area (Å²) in [4.78, 5) is 33.6. The zero-order chi connectivity index (χ0) is 27.5. The van der Waals surface area contributed by atoms with Crippen LogP contribution in [0.3, 0.4) is 0 Å². The van der Waals surface area contributed by atoms with E-state index < -0.39 is 29.4 Å². The number of halogens is 3. The molecule has 0 aliphatic heterocycles. The van der Waals surface area contributed by atoms with Crippen molar-refractivity contribution in [3.05, 3.63) is 120 Å². The average molecular weight is 530 g/mol. The van der Waals surface area contributed by atoms with E-state index >= 15 is 0 Å². The summed E-state index contributed by atoms with van der Waals surface area (Å²) in [6.45, 7) is -0.0357. The minimum Gasteiger partial charge on any atom is -0.366 e. The third kappa shape index (κ3) is 5.64. The van der Waals surface area contributed by atoms with Crippen molar-refractivity contribution >= 4 is 22.7 Å². The van der Waals surface area contributed by atoms with Gasteiger partial charge in [0.05, 0.1) is 22.8 Å². The van der Waals surface area contributed by atoms with Crippen molar-refractivity contribution in [2.75, 3.05) is 0 Å². The van der Waals surface area contributed by atoms with Crippen LogP contribution >= 0.6 is 0 Å². The van der Waals surface area contributed by atoms with Gasteiger partial charge in [0.25, 0.3) is 5.91 Å². The molecule has 0 saturated heterocycles. The van der Waals surface area contributed by atoms with Crippen LogP contribution in [0.25, 0.3) is 22.0 Å². The van der Waals surface area contributed by atoms with E-state index in [2.05, 4.69) is 15.3 Å². The SMILES string of the molecule is NC(=O)c1cc(-c2cccnc2C(Cc2cc(F)cc(F)c2)NC(=O)Cn2ccc3cnccc32)ccc1F. The molecule has 1 atom stereocenters. The van der Waals surface area contributed by atoms with E-state index in [0.29, 0.717) is 22.4 Å². The highest BCUT2D eigenvalue weighted by Gasteiger charge is 2.23. The Kier molecular flexibility index (Phi) is 7.09. The van der Waals surface area contributed by atoms with Gasteiger partial charge in [-0.1, -0.05) is 12.1 Å². The Labute approximate surface area is 221 Å². The number of pyridine rings is 2. The minimum atomic E-state index is -0.936. The smallest absolute Gasteiger partial charge is 0.251 e. The first-order valence-electron chi connectivity index (χ1n) is 12.0. The van der Waals surface area contributed by atoms with Gasteiger partial charge in [0.2, 0.25) is 5.91 Å².